The summed E-state index contributed by atoms with van der Waals surface area (Å²) in [7, 11) is 0. The maximum atomic E-state index is 12.6. The molecule has 0 fully saturated rings. The third-order valence-corrected chi connectivity index (χ3v) is 3.89. The number of halogens is 1. The van der Waals surface area contributed by atoms with Crippen molar-refractivity contribution in [2.24, 2.45) is 0 Å². The van der Waals surface area contributed by atoms with Crippen LogP contribution in [0.25, 0.3) is 0 Å². The highest BCUT2D eigenvalue weighted by Crippen LogP contribution is 2.26. The van der Waals surface area contributed by atoms with Gasteiger partial charge in [-0.3, -0.25) is 4.79 Å². The third kappa shape index (κ3) is 3.79. The van der Waals surface area contributed by atoms with E-state index in [9.17, 15) is 9.59 Å². The lowest BCUT2D eigenvalue weighted by Gasteiger charge is -2.09. The maximum absolute atomic E-state index is 12.6. The largest absolute Gasteiger partial charge is 0.484 e. The number of ether oxygens (including phenoxy) is 2. The Bertz CT molecular complexity index is 780. The summed E-state index contributed by atoms with van der Waals surface area (Å²) in [5.41, 5.74) is 2.75. The maximum Gasteiger partial charge on any atom is 0.340 e. The Morgan fingerprint density at radius 3 is 2.46 bits per heavy atom. The molecule has 0 radical (unpaired) electrons. The van der Waals surface area contributed by atoms with E-state index in [0.29, 0.717) is 27.7 Å². The molecule has 1 heterocycles. The van der Waals surface area contributed by atoms with Crippen molar-refractivity contribution in [3.63, 3.8) is 0 Å². The zero-order valence-corrected chi connectivity index (χ0v) is 14.9. The Hall–Kier alpha value is -2.27. The number of rotatable bonds is 6. The van der Waals surface area contributed by atoms with Crippen LogP contribution < -0.4 is 4.74 Å². The molecule has 0 spiro atoms. The molecule has 0 aliphatic rings. The van der Waals surface area contributed by atoms with E-state index in [1.54, 1.807) is 32.9 Å². The van der Waals surface area contributed by atoms with E-state index in [1.165, 1.54) is 0 Å². The quantitative estimate of drug-likeness (QED) is 0.631. The number of aromatic amines is 1. The number of nitrogens with one attached hydrogen (secondary N) is 1. The van der Waals surface area contributed by atoms with E-state index < -0.39 is 5.97 Å². The predicted molar refractivity (Wildman–Crippen MR) is 92.2 cm³/mol. The molecule has 1 N–H and O–H groups in total. The van der Waals surface area contributed by atoms with Gasteiger partial charge in [-0.2, -0.15) is 0 Å². The zero-order chi connectivity index (χ0) is 17.9. The molecule has 2 rings (SSSR count). The lowest BCUT2D eigenvalue weighted by Crippen LogP contribution is -2.17. The van der Waals surface area contributed by atoms with Gasteiger partial charge in [0.15, 0.2) is 6.61 Å². The average Bonchev–Trinajstić information content (AvgIpc) is 2.82. The Labute approximate surface area is 145 Å². The highest BCUT2D eigenvalue weighted by Gasteiger charge is 2.25. The number of benzene rings is 1. The lowest BCUT2D eigenvalue weighted by atomic mass is 10.1. The van der Waals surface area contributed by atoms with E-state index in [-0.39, 0.29) is 24.6 Å². The van der Waals surface area contributed by atoms with Crippen LogP contribution in [0.1, 0.15) is 44.6 Å². The average molecular weight is 350 g/mol. The number of esters is 1. The van der Waals surface area contributed by atoms with Gasteiger partial charge in [-0.25, -0.2) is 4.79 Å². The summed E-state index contributed by atoms with van der Waals surface area (Å²) < 4.78 is 10.6. The number of carbonyl (C=O) groups is 2. The topological polar surface area (TPSA) is 68.4 Å². The van der Waals surface area contributed by atoms with Gasteiger partial charge in [-0.1, -0.05) is 17.7 Å². The van der Waals surface area contributed by atoms with Crippen LogP contribution in [-0.4, -0.2) is 30.0 Å². The van der Waals surface area contributed by atoms with Crippen LogP contribution in [0.5, 0.6) is 5.75 Å². The SMILES string of the molecule is CCOC(=O)c1c(C)[nH]c(C)c1C(=O)COc1cc(C)ccc1Cl. The molecular formula is C18H20ClNO4. The monoisotopic (exact) mass is 349 g/mol. The molecule has 2 aromatic rings. The fourth-order valence-corrected chi connectivity index (χ4v) is 2.70. The summed E-state index contributed by atoms with van der Waals surface area (Å²) in [6.45, 7) is 7.12. The van der Waals surface area contributed by atoms with Crippen molar-refractivity contribution in [3.8, 4) is 5.75 Å². The number of Topliss-reactive ketones (excluding diaryl/α,β-unsaturated/α-hetero) is 1. The molecule has 0 atom stereocenters. The van der Waals surface area contributed by atoms with Crippen molar-refractivity contribution in [1.82, 2.24) is 4.98 Å². The first-order valence-corrected chi connectivity index (χ1v) is 8.01. The van der Waals surface area contributed by atoms with Crippen LogP contribution in [0.2, 0.25) is 5.02 Å². The minimum Gasteiger partial charge on any atom is -0.484 e. The molecule has 0 saturated heterocycles. The van der Waals surface area contributed by atoms with E-state index in [2.05, 4.69) is 4.98 Å². The minimum absolute atomic E-state index is 0.215. The first kappa shape index (κ1) is 18.1. The third-order valence-electron chi connectivity index (χ3n) is 3.58. The molecule has 1 aromatic heterocycles. The molecule has 6 heteroatoms. The molecule has 5 nitrogen and oxygen atoms in total. The van der Waals surface area contributed by atoms with Gasteiger partial charge >= 0.3 is 5.97 Å². The predicted octanol–water partition coefficient (Wildman–Crippen LogP) is 4.03. The number of carbonyl (C=O) groups excluding carboxylic acids is 2. The number of aryl methyl sites for hydroxylation is 3. The number of H-pyrrole nitrogens is 1. The van der Waals surface area contributed by atoms with E-state index in [4.69, 9.17) is 21.1 Å². The molecule has 128 valence electrons. The van der Waals surface area contributed by atoms with E-state index >= 15 is 0 Å². The number of ketones is 1. The molecule has 0 amide bonds. The van der Waals surface area contributed by atoms with Crippen LogP contribution in [0.4, 0.5) is 0 Å². The van der Waals surface area contributed by atoms with Crippen molar-refractivity contribution in [3.05, 3.63) is 51.3 Å². The second kappa shape index (κ2) is 7.53. The van der Waals surface area contributed by atoms with Gasteiger partial charge in [0.25, 0.3) is 0 Å². The fraction of sp³-hybridized carbons (Fsp3) is 0.333. The summed E-state index contributed by atoms with van der Waals surface area (Å²) in [5, 5.41) is 0.431. The summed E-state index contributed by atoms with van der Waals surface area (Å²) >= 11 is 6.07. The summed E-state index contributed by atoms with van der Waals surface area (Å²) in [6, 6.07) is 5.33. The molecular weight excluding hydrogens is 330 g/mol. The van der Waals surface area contributed by atoms with Crippen molar-refractivity contribution in [1.29, 1.82) is 0 Å². The van der Waals surface area contributed by atoms with Gasteiger partial charge in [0, 0.05) is 11.4 Å². The van der Waals surface area contributed by atoms with E-state index in [1.807, 2.05) is 13.0 Å². The van der Waals surface area contributed by atoms with E-state index in [0.717, 1.165) is 5.56 Å². The van der Waals surface area contributed by atoms with Gasteiger partial charge < -0.3 is 14.5 Å². The van der Waals surface area contributed by atoms with Crippen molar-refractivity contribution in [2.75, 3.05) is 13.2 Å². The van der Waals surface area contributed by atoms with Crippen LogP contribution in [0.15, 0.2) is 18.2 Å². The number of hydrogen-bond acceptors (Lipinski definition) is 4. The van der Waals surface area contributed by atoms with Crippen LogP contribution in [0, 0.1) is 20.8 Å². The zero-order valence-electron chi connectivity index (χ0n) is 14.2. The Morgan fingerprint density at radius 2 is 1.79 bits per heavy atom. The number of aromatic nitrogens is 1. The summed E-state index contributed by atoms with van der Waals surface area (Å²) in [6.07, 6.45) is 0. The highest BCUT2D eigenvalue weighted by atomic mass is 35.5. The second-order valence-electron chi connectivity index (χ2n) is 5.49. The first-order valence-electron chi connectivity index (χ1n) is 7.63. The first-order chi connectivity index (χ1) is 11.3. The smallest absolute Gasteiger partial charge is 0.340 e. The molecule has 0 aliphatic heterocycles. The number of hydrogen-bond donors (Lipinski definition) is 1. The van der Waals surface area contributed by atoms with Crippen LogP contribution in [-0.2, 0) is 4.74 Å². The standard InChI is InChI=1S/C18H20ClNO4/c1-5-23-18(22)17-12(4)20-11(3)16(17)14(21)9-24-15-8-10(2)6-7-13(15)19/h6-8,20H,5,9H2,1-4H3. The van der Waals surface area contributed by atoms with Crippen molar-refractivity contribution < 1.29 is 19.1 Å². The fourth-order valence-electron chi connectivity index (χ4n) is 2.52. The van der Waals surface area contributed by atoms with Gasteiger partial charge in [0.1, 0.15) is 5.75 Å². The van der Waals surface area contributed by atoms with Gasteiger partial charge in [0.2, 0.25) is 5.78 Å². The molecule has 1 aromatic carbocycles. The van der Waals surface area contributed by atoms with Gasteiger partial charge in [-0.05, 0) is 45.4 Å². The molecule has 0 unspecified atom stereocenters. The molecule has 0 saturated carbocycles. The second-order valence-corrected chi connectivity index (χ2v) is 5.90. The normalized spacial score (nSPS) is 10.5. The Balaban J connectivity index is 2.24. The van der Waals surface area contributed by atoms with Gasteiger partial charge in [-0.15, -0.1) is 0 Å². The Kier molecular flexibility index (Phi) is 5.67. The lowest BCUT2D eigenvalue weighted by molar-refractivity contribution is 0.0522. The minimum atomic E-state index is -0.517. The Morgan fingerprint density at radius 1 is 1.12 bits per heavy atom. The van der Waals surface area contributed by atoms with Crippen molar-refractivity contribution >= 4 is 23.4 Å². The molecule has 0 bridgehead atoms. The van der Waals surface area contributed by atoms with Crippen LogP contribution in [0.3, 0.4) is 0 Å². The highest BCUT2D eigenvalue weighted by molar-refractivity contribution is 6.32. The molecule has 24 heavy (non-hydrogen) atoms. The van der Waals surface area contributed by atoms with Crippen LogP contribution >= 0.6 is 11.6 Å². The summed E-state index contributed by atoms with van der Waals surface area (Å²) in [5.74, 6) is -0.388. The summed E-state index contributed by atoms with van der Waals surface area (Å²) in [4.78, 5) is 27.7. The van der Waals surface area contributed by atoms with Crippen molar-refractivity contribution in [2.45, 2.75) is 27.7 Å². The molecule has 0 aliphatic carbocycles. The van der Waals surface area contributed by atoms with Gasteiger partial charge in [0.05, 0.1) is 22.8 Å².